The van der Waals surface area contributed by atoms with Gasteiger partial charge in [-0.1, -0.05) is 34.1 Å². The van der Waals surface area contributed by atoms with Crippen molar-refractivity contribution >= 4 is 27.5 Å². The summed E-state index contributed by atoms with van der Waals surface area (Å²) >= 11 is 3.35. The van der Waals surface area contributed by atoms with E-state index in [0.29, 0.717) is 5.56 Å². The lowest BCUT2D eigenvalue weighted by molar-refractivity contribution is -0.117. The number of rotatable bonds is 5. The molecule has 1 amide bonds. The van der Waals surface area contributed by atoms with Crippen LogP contribution in [0.4, 0.5) is 10.1 Å². The maximum Gasteiger partial charge on any atom is 0.241 e. The molecule has 0 heterocycles. The van der Waals surface area contributed by atoms with Crippen LogP contribution >= 0.6 is 15.9 Å². The lowest BCUT2D eigenvalue weighted by Crippen LogP contribution is -2.39. The smallest absolute Gasteiger partial charge is 0.241 e. The topological polar surface area (TPSA) is 41.1 Å². The first-order chi connectivity index (χ1) is 10.5. The summed E-state index contributed by atoms with van der Waals surface area (Å²) in [7, 11) is 0. The number of nitrogens with one attached hydrogen (secondary N) is 2. The van der Waals surface area contributed by atoms with E-state index < -0.39 is 6.04 Å². The molecule has 0 spiro atoms. The number of carbonyl (C=O) groups is 1. The first-order valence-corrected chi connectivity index (χ1v) is 7.83. The molecule has 3 nitrogen and oxygen atoms in total. The Bertz CT molecular complexity index is 645. The highest BCUT2D eigenvalue weighted by atomic mass is 79.9. The van der Waals surface area contributed by atoms with E-state index in [1.54, 1.807) is 25.1 Å². The number of benzene rings is 2. The van der Waals surface area contributed by atoms with Crippen LogP contribution in [-0.4, -0.2) is 11.9 Å². The Morgan fingerprint density at radius 3 is 2.36 bits per heavy atom. The zero-order valence-corrected chi connectivity index (χ0v) is 14.0. The Hall–Kier alpha value is -1.72. The van der Waals surface area contributed by atoms with E-state index in [2.05, 4.69) is 26.6 Å². The van der Waals surface area contributed by atoms with Gasteiger partial charge >= 0.3 is 0 Å². The maximum atomic E-state index is 13.7. The fourth-order valence-electron chi connectivity index (χ4n) is 2.15. The molecule has 0 aromatic heterocycles. The molecule has 0 bridgehead atoms. The van der Waals surface area contributed by atoms with Crippen LogP contribution in [0.5, 0.6) is 0 Å². The molecule has 0 radical (unpaired) electrons. The van der Waals surface area contributed by atoms with Gasteiger partial charge in [0.2, 0.25) is 5.91 Å². The van der Waals surface area contributed by atoms with Gasteiger partial charge in [0.1, 0.15) is 5.82 Å². The highest BCUT2D eigenvalue weighted by Crippen LogP contribution is 2.17. The van der Waals surface area contributed by atoms with Gasteiger partial charge in [0.05, 0.1) is 6.04 Å². The van der Waals surface area contributed by atoms with Crippen molar-refractivity contribution in [3.63, 3.8) is 0 Å². The summed E-state index contributed by atoms with van der Waals surface area (Å²) in [5.41, 5.74) is 1.27. The predicted octanol–water partition coefficient (Wildman–Crippen LogP) is 4.27. The molecule has 0 aliphatic carbocycles. The lowest BCUT2D eigenvalue weighted by atomic mass is 10.1. The summed E-state index contributed by atoms with van der Waals surface area (Å²) in [5, 5.41) is 5.93. The van der Waals surface area contributed by atoms with Crippen molar-refractivity contribution < 1.29 is 9.18 Å². The number of halogens is 2. The molecule has 2 unspecified atom stereocenters. The minimum Gasteiger partial charge on any atom is -0.325 e. The SMILES string of the molecule is CC(NC(C)c1ccccc1F)C(=O)Nc1ccc(Br)cc1. The van der Waals surface area contributed by atoms with Gasteiger partial charge in [-0.05, 0) is 44.2 Å². The molecular weight excluding hydrogens is 347 g/mol. The average molecular weight is 365 g/mol. The van der Waals surface area contributed by atoms with Gasteiger partial charge in [-0.2, -0.15) is 0 Å². The van der Waals surface area contributed by atoms with Crippen LogP contribution < -0.4 is 10.6 Å². The Kier molecular flexibility index (Phi) is 5.69. The Morgan fingerprint density at radius 2 is 1.73 bits per heavy atom. The van der Waals surface area contributed by atoms with Crippen LogP contribution in [0.1, 0.15) is 25.5 Å². The fraction of sp³-hybridized carbons (Fsp3) is 0.235. The average Bonchev–Trinajstić information content (AvgIpc) is 2.49. The maximum absolute atomic E-state index is 13.7. The summed E-state index contributed by atoms with van der Waals surface area (Å²) in [6.07, 6.45) is 0. The number of carbonyl (C=O) groups excluding carboxylic acids is 1. The van der Waals surface area contributed by atoms with Crippen molar-refractivity contribution in [3.05, 3.63) is 64.4 Å². The number of hydrogen-bond acceptors (Lipinski definition) is 2. The van der Waals surface area contributed by atoms with Crippen molar-refractivity contribution in [3.8, 4) is 0 Å². The van der Waals surface area contributed by atoms with Crippen molar-refractivity contribution in [1.29, 1.82) is 0 Å². The second-order valence-electron chi connectivity index (χ2n) is 5.13. The molecule has 2 atom stereocenters. The summed E-state index contributed by atoms with van der Waals surface area (Å²) in [6.45, 7) is 3.59. The molecule has 22 heavy (non-hydrogen) atoms. The molecule has 0 aliphatic rings. The minimum absolute atomic E-state index is 0.162. The van der Waals surface area contributed by atoms with Gasteiger partial charge in [0.15, 0.2) is 0 Å². The monoisotopic (exact) mass is 364 g/mol. The van der Waals surface area contributed by atoms with E-state index in [1.807, 2.05) is 31.2 Å². The minimum atomic E-state index is -0.446. The summed E-state index contributed by atoms with van der Waals surface area (Å²) in [6, 6.07) is 13.2. The second kappa shape index (κ2) is 7.51. The molecule has 2 aromatic carbocycles. The van der Waals surface area contributed by atoms with Crippen molar-refractivity contribution in [2.45, 2.75) is 25.9 Å². The summed E-state index contributed by atoms with van der Waals surface area (Å²) < 4.78 is 14.7. The Morgan fingerprint density at radius 1 is 1.09 bits per heavy atom. The van der Waals surface area contributed by atoms with Crippen LogP contribution in [-0.2, 0) is 4.79 Å². The number of anilines is 1. The largest absolute Gasteiger partial charge is 0.325 e. The quantitative estimate of drug-likeness (QED) is 0.831. The van der Waals surface area contributed by atoms with Crippen LogP contribution in [0.25, 0.3) is 0 Å². The molecule has 2 aromatic rings. The van der Waals surface area contributed by atoms with Crippen molar-refractivity contribution in [2.75, 3.05) is 5.32 Å². The van der Waals surface area contributed by atoms with Crippen LogP contribution in [0.3, 0.4) is 0 Å². The van der Waals surface area contributed by atoms with E-state index in [9.17, 15) is 9.18 Å². The van der Waals surface area contributed by atoms with Gasteiger partial charge in [0.25, 0.3) is 0 Å². The molecule has 0 fully saturated rings. The van der Waals surface area contributed by atoms with E-state index in [-0.39, 0.29) is 17.8 Å². The first-order valence-electron chi connectivity index (χ1n) is 7.04. The number of amides is 1. The van der Waals surface area contributed by atoms with Crippen LogP contribution in [0.15, 0.2) is 53.0 Å². The van der Waals surface area contributed by atoms with Gasteiger partial charge in [-0.15, -0.1) is 0 Å². The first kappa shape index (κ1) is 16.6. The zero-order chi connectivity index (χ0) is 16.1. The molecule has 0 aliphatic heterocycles. The molecule has 5 heteroatoms. The van der Waals surface area contributed by atoms with Gasteiger partial charge in [0, 0.05) is 21.8 Å². The molecule has 2 N–H and O–H groups in total. The van der Waals surface area contributed by atoms with Crippen molar-refractivity contribution in [2.24, 2.45) is 0 Å². The third kappa shape index (κ3) is 4.39. The van der Waals surface area contributed by atoms with Crippen LogP contribution in [0, 0.1) is 5.82 Å². The third-order valence-electron chi connectivity index (χ3n) is 3.38. The van der Waals surface area contributed by atoms with Crippen molar-refractivity contribution in [1.82, 2.24) is 5.32 Å². The highest BCUT2D eigenvalue weighted by molar-refractivity contribution is 9.10. The summed E-state index contributed by atoms with van der Waals surface area (Å²) in [5.74, 6) is -0.437. The van der Waals surface area contributed by atoms with E-state index in [4.69, 9.17) is 0 Å². The second-order valence-corrected chi connectivity index (χ2v) is 6.04. The van der Waals surface area contributed by atoms with Gasteiger partial charge in [-0.3, -0.25) is 10.1 Å². The molecule has 0 saturated carbocycles. The zero-order valence-electron chi connectivity index (χ0n) is 12.4. The molecular formula is C17H18BrFN2O. The highest BCUT2D eigenvalue weighted by Gasteiger charge is 2.18. The predicted molar refractivity (Wildman–Crippen MR) is 90.2 cm³/mol. The molecule has 2 rings (SSSR count). The van der Waals surface area contributed by atoms with Gasteiger partial charge < -0.3 is 5.32 Å². The Labute approximate surface area is 138 Å². The lowest BCUT2D eigenvalue weighted by Gasteiger charge is -2.20. The Balaban J connectivity index is 1.96. The van der Waals surface area contributed by atoms with E-state index in [0.717, 1.165) is 10.2 Å². The fourth-order valence-corrected chi connectivity index (χ4v) is 2.41. The summed E-state index contributed by atoms with van der Waals surface area (Å²) in [4.78, 5) is 12.2. The van der Waals surface area contributed by atoms with Gasteiger partial charge in [-0.25, -0.2) is 4.39 Å². The van der Waals surface area contributed by atoms with E-state index in [1.165, 1.54) is 6.07 Å². The standard InChI is InChI=1S/C17H18BrFN2O/c1-11(15-5-3-4-6-16(15)19)20-12(2)17(22)21-14-9-7-13(18)8-10-14/h3-12,20H,1-2H3,(H,21,22). The van der Waals surface area contributed by atoms with E-state index >= 15 is 0 Å². The van der Waals surface area contributed by atoms with Crippen LogP contribution in [0.2, 0.25) is 0 Å². The normalized spacial score (nSPS) is 13.5. The molecule has 116 valence electrons. The molecule has 0 saturated heterocycles. The number of hydrogen-bond donors (Lipinski definition) is 2. The third-order valence-corrected chi connectivity index (χ3v) is 3.91.